The number of guanidine groups is 1. The van der Waals surface area contributed by atoms with Gasteiger partial charge in [0.25, 0.3) is 5.56 Å². The minimum absolute atomic E-state index is 0.0147. The molecule has 1 aliphatic rings. The molecule has 1 aliphatic heterocycles. The van der Waals surface area contributed by atoms with E-state index in [2.05, 4.69) is 75.1 Å². The molecule has 1 atom stereocenters. The molecule has 0 amide bonds. The van der Waals surface area contributed by atoms with Crippen LogP contribution in [-0.4, -0.2) is 42.1 Å². The smallest absolute Gasteiger partial charge is 0.250 e. The van der Waals surface area contributed by atoms with Gasteiger partial charge in [-0.15, -0.1) is 0 Å². The lowest BCUT2D eigenvalue weighted by Crippen LogP contribution is -2.42. The Hall–Kier alpha value is -3.38. The first-order chi connectivity index (χ1) is 16.2. The molecule has 0 bridgehead atoms. The van der Waals surface area contributed by atoms with Crippen LogP contribution >= 0.6 is 0 Å². The molecule has 6 nitrogen and oxygen atoms in total. The predicted molar refractivity (Wildman–Crippen MR) is 134 cm³/mol. The van der Waals surface area contributed by atoms with E-state index in [4.69, 9.17) is 0 Å². The topological polar surface area (TPSA) is 61.7 Å². The summed E-state index contributed by atoms with van der Waals surface area (Å²) in [6.45, 7) is 4.37. The molecule has 6 heteroatoms. The second-order valence-corrected chi connectivity index (χ2v) is 8.46. The molecule has 0 radical (unpaired) electrons. The van der Waals surface area contributed by atoms with Gasteiger partial charge in [-0.25, -0.2) is 0 Å². The van der Waals surface area contributed by atoms with Crippen molar-refractivity contribution in [3.05, 3.63) is 106 Å². The van der Waals surface area contributed by atoms with Crippen LogP contribution < -0.4 is 16.2 Å². The summed E-state index contributed by atoms with van der Waals surface area (Å²) in [6.07, 6.45) is 4.36. The van der Waals surface area contributed by atoms with Crippen LogP contribution in [0.3, 0.4) is 0 Å². The quantitative estimate of drug-likeness (QED) is 0.414. The number of pyridine rings is 1. The van der Waals surface area contributed by atoms with E-state index in [1.165, 1.54) is 24.0 Å². The van der Waals surface area contributed by atoms with Gasteiger partial charge >= 0.3 is 0 Å². The van der Waals surface area contributed by atoms with Crippen LogP contribution in [0.1, 0.15) is 35.6 Å². The first-order valence-corrected chi connectivity index (χ1v) is 11.7. The maximum Gasteiger partial charge on any atom is 0.250 e. The number of aliphatic imine (C=N–C) groups is 1. The lowest BCUT2D eigenvalue weighted by atomic mass is 10.1. The number of aromatic nitrogens is 1. The molecule has 4 rings (SSSR count). The van der Waals surface area contributed by atoms with E-state index in [1.807, 2.05) is 19.3 Å². The maximum absolute atomic E-state index is 11.9. The van der Waals surface area contributed by atoms with E-state index >= 15 is 0 Å². The molecular formula is C27H33N5O. The molecule has 2 heterocycles. The minimum atomic E-state index is 0.0147. The summed E-state index contributed by atoms with van der Waals surface area (Å²) in [5.41, 5.74) is 3.63. The van der Waals surface area contributed by atoms with Gasteiger partial charge in [-0.05, 0) is 48.7 Å². The van der Waals surface area contributed by atoms with E-state index in [-0.39, 0.29) is 5.56 Å². The van der Waals surface area contributed by atoms with E-state index in [0.717, 1.165) is 31.2 Å². The summed E-state index contributed by atoms with van der Waals surface area (Å²) >= 11 is 0. The fourth-order valence-corrected chi connectivity index (χ4v) is 4.34. The van der Waals surface area contributed by atoms with Gasteiger partial charge in [-0.3, -0.25) is 14.7 Å². The van der Waals surface area contributed by atoms with Crippen molar-refractivity contribution in [2.24, 2.45) is 4.99 Å². The second-order valence-electron chi connectivity index (χ2n) is 8.46. The first-order valence-electron chi connectivity index (χ1n) is 11.7. The molecule has 2 aromatic carbocycles. The third kappa shape index (κ3) is 6.33. The summed E-state index contributed by atoms with van der Waals surface area (Å²) < 4.78 is 1.71. The van der Waals surface area contributed by atoms with E-state index in [9.17, 15) is 4.79 Å². The standard InChI is InChI=1S/C27H33N5O/c1-28-27(30-20-25(31-16-7-8-17-31)24-9-3-2-4-10-24)29-19-22-12-14-23(15-13-22)21-32-18-6-5-11-26(32)33/h2-6,9-15,18,25H,7-8,16-17,19-21H2,1H3,(H2,28,29,30). The molecule has 3 aromatic rings. The molecule has 1 aromatic heterocycles. The average molecular weight is 444 g/mol. The molecule has 0 saturated carbocycles. The Balaban J connectivity index is 1.31. The molecule has 0 aliphatic carbocycles. The molecule has 1 saturated heterocycles. The predicted octanol–water partition coefficient (Wildman–Crippen LogP) is 3.40. The Bertz CT molecular complexity index is 1090. The van der Waals surface area contributed by atoms with Gasteiger partial charge in [0.2, 0.25) is 0 Å². The number of hydrogen-bond acceptors (Lipinski definition) is 3. The Morgan fingerprint density at radius 2 is 1.61 bits per heavy atom. The van der Waals surface area contributed by atoms with Crippen molar-refractivity contribution in [2.75, 3.05) is 26.7 Å². The van der Waals surface area contributed by atoms with Crippen molar-refractivity contribution in [3.8, 4) is 0 Å². The van der Waals surface area contributed by atoms with Gasteiger partial charge in [0.05, 0.1) is 12.6 Å². The van der Waals surface area contributed by atoms with Crippen LogP contribution in [0.2, 0.25) is 0 Å². The molecule has 1 unspecified atom stereocenters. The number of likely N-dealkylation sites (tertiary alicyclic amines) is 1. The monoisotopic (exact) mass is 443 g/mol. The molecule has 2 N–H and O–H groups in total. The Labute approximate surface area is 196 Å². The number of hydrogen-bond donors (Lipinski definition) is 2. The molecule has 0 spiro atoms. The summed E-state index contributed by atoms with van der Waals surface area (Å²) in [6, 6.07) is 24.6. The zero-order valence-electron chi connectivity index (χ0n) is 19.3. The highest BCUT2D eigenvalue weighted by Gasteiger charge is 2.23. The van der Waals surface area contributed by atoms with Crippen molar-refractivity contribution in [3.63, 3.8) is 0 Å². The lowest BCUT2D eigenvalue weighted by Gasteiger charge is -2.29. The maximum atomic E-state index is 11.9. The Morgan fingerprint density at radius 1 is 0.909 bits per heavy atom. The molecular weight excluding hydrogens is 410 g/mol. The largest absolute Gasteiger partial charge is 0.354 e. The van der Waals surface area contributed by atoms with Gasteiger partial charge in [0, 0.05) is 32.4 Å². The summed E-state index contributed by atoms with van der Waals surface area (Å²) in [5.74, 6) is 0.801. The fraction of sp³-hybridized carbons (Fsp3) is 0.333. The van der Waals surface area contributed by atoms with Gasteiger partial charge < -0.3 is 15.2 Å². The fourth-order valence-electron chi connectivity index (χ4n) is 4.34. The van der Waals surface area contributed by atoms with Crippen LogP contribution in [0.4, 0.5) is 0 Å². The van der Waals surface area contributed by atoms with Crippen LogP contribution in [0, 0.1) is 0 Å². The molecule has 172 valence electrons. The highest BCUT2D eigenvalue weighted by atomic mass is 16.1. The van der Waals surface area contributed by atoms with Crippen LogP contribution in [0.15, 0.2) is 88.8 Å². The van der Waals surface area contributed by atoms with Gasteiger partial charge in [-0.1, -0.05) is 60.7 Å². The molecule has 33 heavy (non-hydrogen) atoms. The second kappa shape index (κ2) is 11.5. The minimum Gasteiger partial charge on any atom is -0.354 e. The van der Waals surface area contributed by atoms with Crippen LogP contribution in [0.25, 0.3) is 0 Å². The summed E-state index contributed by atoms with van der Waals surface area (Å²) in [5, 5.41) is 6.95. The van der Waals surface area contributed by atoms with Crippen molar-refractivity contribution in [2.45, 2.75) is 32.0 Å². The normalized spacial score (nSPS) is 15.4. The highest BCUT2D eigenvalue weighted by molar-refractivity contribution is 5.79. The summed E-state index contributed by atoms with van der Waals surface area (Å²) in [7, 11) is 1.81. The lowest BCUT2D eigenvalue weighted by molar-refractivity contribution is 0.245. The summed E-state index contributed by atoms with van der Waals surface area (Å²) in [4.78, 5) is 18.9. The zero-order chi connectivity index (χ0) is 22.9. The molecule has 1 fully saturated rings. The third-order valence-corrected chi connectivity index (χ3v) is 6.19. The van der Waals surface area contributed by atoms with Gasteiger partial charge in [0.15, 0.2) is 5.96 Å². The van der Waals surface area contributed by atoms with Gasteiger partial charge in [-0.2, -0.15) is 0 Å². The van der Waals surface area contributed by atoms with Crippen molar-refractivity contribution < 1.29 is 0 Å². The van der Waals surface area contributed by atoms with Crippen molar-refractivity contribution in [1.29, 1.82) is 0 Å². The number of benzene rings is 2. The number of rotatable bonds is 8. The highest BCUT2D eigenvalue weighted by Crippen LogP contribution is 2.24. The SMILES string of the molecule is CN=C(NCc1ccc(Cn2ccccc2=O)cc1)NCC(c1ccccc1)N1CCCC1. The van der Waals surface area contributed by atoms with Crippen LogP contribution in [-0.2, 0) is 13.1 Å². The van der Waals surface area contributed by atoms with Gasteiger partial charge in [0.1, 0.15) is 0 Å². The third-order valence-electron chi connectivity index (χ3n) is 6.19. The number of nitrogens with one attached hydrogen (secondary N) is 2. The van der Waals surface area contributed by atoms with Crippen molar-refractivity contribution >= 4 is 5.96 Å². The Morgan fingerprint density at radius 3 is 2.30 bits per heavy atom. The van der Waals surface area contributed by atoms with E-state index < -0.39 is 0 Å². The zero-order valence-corrected chi connectivity index (χ0v) is 19.3. The van der Waals surface area contributed by atoms with Crippen LogP contribution in [0.5, 0.6) is 0 Å². The Kier molecular flexibility index (Phi) is 7.93. The van der Waals surface area contributed by atoms with E-state index in [0.29, 0.717) is 19.1 Å². The average Bonchev–Trinajstić information content (AvgIpc) is 3.39. The first kappa shape index (κ1) is 22.8. The number of nitrogens with zero attached hydrogens (tertiary/aromatic N) is 3. The van der Waals surface area contributed by atoms with E-state index in [1.54, 1.807) is 16.7 Å². The van der Waals surface area contributed by atoms with Crippen molar-refractivity contribution in [1.82, 2.24) is 20.1 Å².